The fourth-order valence-electron chi connectivity index (χ4n) is 2.79. The minimum Gasteiger partial charge on any atom is -0.462 e. The number of esters is 1. The zero-order valence-electron chi connectivity index (χ0n) is 15.4. The number of hydrogen-bond donors (Lipinski definition) is 2. The van der Waals surface area contributed by atoms with E-state index in [2.05, 4.69) is 10.6 Å². The molecular formula is C20H17N3O5S. The van der Waals surface area contributed by atoms with Crippen LogP contribution in [0.1, 0.15) is 38.0 Å². The second kappa shape index (κ2) is 8.61. The predicted octanol–water partition coefficient (Wildman–Crippen LogP) is 1.97. The number of thiocarbonyl (C=S) groups is 1. The fourth-order valence-corrected chi connectivity index (χ4v) is 3.02. The highest BCUT2D eigenvalue weighted by Gasteiger charge is 2.36. The van der Waals surface area contributed by atoms with Gasteiger partial charge in [0.15, 0.2) is 5.11 Å². The summed E-state index contributed by atoms with van der Waals surface area (Å²) in [4.78, 5) is 49.5. The average molecular weight is 411 g/mol. The van der Waals surface area contributed by atoms with E-state index in [1.807, 2.05) is 0 Å². The van der Waals surface area contributed by atoms with Crippen LogP contribution in [-0.4, -0.2) is 46.9 Å². The molecule has 1 aliphatic heterocycles. The van der Waals surface area contributed by atoms with Crippen LogP contribution in [0.2, 0.25) is 0 Å². The molecule has 0 aliphatic carbocycles. The normalized spacial score (nSPS) is 12.4. The Balaban J connectivity index is 1.59. The van der Waals surface area contributed by atoms with Crippen molar-refractivity contribution in [3.63, 3.8) is 0 Å². The molecule has 3 rings (SSSR count). The van der Waals surface area contributed by atoms with Gasteiger partial charge in [0, 0.05) is 5.69 Å². The molecule has 2 aromatic carbocycles. The zero-order valence-corrected chi connectivity index (χ0v) is 16.2. The topological polar surface area (TPSA) is 105 Å². The Labute approximate surface area is 171 Å². The molecule has 0 saturated heterocycles. The Hall–Kier alpha value is -3.59. The van der Waals surface area contributed by atoms with Gasteiger partial charge in [-0.25, -0.2) is 4.79 Å². The summed E-state index contributed by atoms with van der Waals surface area (Å²) in [6.07, 6.45) is 0. The number of fused-ring (bicyclic) bond motifs is 1. The minimum atomic E-state index is -0.626. The van der Waals surface area contributed by atoms with E-state index >= 15 is 0 Å². The lowest BCUT2D eigenvalue weighted by Gasteiger charge is -2.15. The quantitative estimate of drug-likeness (QED) is 0.440. The highest BCUT2D eigenvalue weighted by Crippen LogP contribution is 2.21. The first-order valence-corrected chi connectivity index (χ1v) is 9.14. The van der Waals surface area contributed by atoms with E-state index in [4.69, 9.17) is 17.0 Å². The maximum absolute atomic E-state index is 12.3. The van der Waals surface area contributed by atoms with Gasteiger partial charge in [-0.1, -0.05) is 18.2 Å². The van der Waals surface area contributed by atoms with Gasteiger partial charge in [-0.15, -0.1) is 0 Å². The number of carbonyl (C=O) groups excluding carboxylic acids is 4. The van der Waals surface area contributed by atoms with Crippen LogP contribution >= 0.6 is 12.2 Å². The largest absolute Gasteiger partial charge is 0.462 e. The number of rotatable bonds is 5. The lowest BCUT2D eigenvalue weighted by Crippen LogP contribution is -2.43. The highest BCUT2D eigenvalue weighted by atomic mass is 32.1. The number of amides is 3. The van der Waals surface area contributed by atoms with Gasteiger partial charge in [-0.3, -0.25) is 19.3 Å². The van der Waals surface area contributed by atoms with Crippen LogP contribution in [0.3, 0.4) is 0 Å². The van der Waals surface area contributed by atoms with E-state index in [0.29, 0.717) is 11.3 Å². The van der Waals surface area contributed by atoms with Crippen molar-refractivity contribution in [2.45, 2.75) is 6.92 Å². The van der Waals surface area contributed by atoms with Gasteiger partial charge in [0.2, 0.25) is 5.91 Å². The number of nitrogens with one attached hydrogen (secondary N) is 2. The summed E-state index contributed by atoms with van der Waals surface area (Å²) in [7, 11) is 0. The van der Waals surface area contributed by atoms with E-state index < -0.39 is 30.2 Å². The number of imide groups is 1. The van der Waals surface area contributed by atoms with E-state index in [-0.39, 0.29) is 22.8 Å². The zero-order chi connectivity index (χ0) is 21.0. The van der Waals surface area contributed by atoms with Gasteiger partial charge >= 0.3 is 5.97 Å². The van der Waals surface area contributed by atoms with Crippen LogP contribution in [-0.2, 0) is 9.53 Å². The number of anilines is 1. The summed E-state index contributed by atoms with van der Waals surface area (Å²) in [6.45, 7) is 1.50. The third kappa shape index (κ3) is 4.46. The van der Waals surface area contributed by atoms with E-state index in [1.54, 1.807) is 37.3 Å². The SMILES string of the molecule is CCOC(=O)c1cccc(NC(=S)NC(=O)CN2C(=O)c3ccccc3C2=O)c1. The van der Waals surface area contributed by atoms with Crippen molar-refractivity contribution in [3.8, 4) is 0 Å². The van der Waals surface area contributed by atoms with Gasteiger partial charge in [0.05, 0.1) is 23.3 Å². The van der Waals surface area contributed by atoms with Gasteiger partial charge in [-0.05, 0) is 49.5 Å². The monoisotopic (exact) mass is 411 g/mol. The molecule has 0 spiro atoms. The molecule has 9 heteroatoms. The molecule has 0 radical (unpaired) electrons. The molecule has 0 bridgehead atoms. The van der Waals surface area contributed by atoms with Crippen molar-refractivity contribution in [2.75, 3.05) is 18.5 Å². The van der Waals surface area contributed by atoms with Crippen LogP contribution in [0.5, 0.6) is 0 Å². The molecule has 0 saturated carbocycles. The maximum Gasteiger partial charge on any atom is 0.338 e. The molecule has 0 unspecified atom stereocenters. The Kier molecular flexibility index (Phi) is 5.99. The molecule has 148 valence electrons. The van der Waals surface area contributed by atoms with E-state index in [1.165, 1.54) is 18.2 Å². The summed E-state index contributed by atoms with van der Waals surface area (Å²) in [6, 6.07) is 12.8. The third-order valence-corrected chi connectivity index (χ3v) is 4.27. The Morgan fingerprint density at radius 1 is 1.03 bits per heavy atom. The summed E-state index contributed by atoms with van der Waals surface area (Å²) in [5, 5.41) is 5.16. The smallest absolute Gasteiger partial charge is 0.338 e. The number of benzene rings is 2. The van der Waals surface area contributed by atoms with Crippen molar-refractivity contribution in [1.82, 2.24) is 10.2 Å². The Bertz CT molecular complexity index is 986. The van der Waals surface area contributed by atoms with Crippen LogP contribution in [0.25, 0.3) is 0 Å². The first-order valence-electron chi connectivity index (χ1n) is 8.74. The maximum atomic E-state index is 12.3. The summed E-state index contributed by atoms with van der Waals surface area (Å²) in [5.74, 6) is -2.15. The molecule has 3 amide bonds. The van der Waals surface area contributed by atoms with E-state index in [9.17, 15) is 19.2 Å². The molecule has 0 fully saturated rings. The number of carbonyl (C=O) groups is 4. The number of ether oxygens (including phenoxy) is 1. The summed E-state index contributed by atoms with van der Waals surface area (Å²) in [5.41, 5.74) is 1.34. The minimum absolute atomic E-state index is 0.0346. The molecule has 1 aliphatic rings. The second-order valence-electron chi connectivity index (χ2n) is 6.05. The highest BCUT2D eigenvalue weighted by molar-refractivity contribution is 7.80. The van der Waals surface area contributed by atoms with Gasteiger partial charge in [-0.2, -0.15) is 0 Å². The summed E-state index contributed by atoms with van der Waals surface area (Å²) >= 11 is 5.09. The second-order valence-corrected chi connectivity index (χ2v) is 6.45. The van der Waals surface area contributed by atoms with Crippen LogP contribution < -0.4 is 10.6 Å². The van der Waals surface area contributed by atoms with Crippen LogP contribution in [0, 0.1) is 0 Å². The van der Waals surface area contributed by atoms with Crippen molar-refractivity contribution in [1.29, 1.82) is 0 Å². The standard InChI is InChI=1S/C20H17N3O5S/c1-2-28-19(27)12-6-5-7-13(10-12)21-20(29)22-16(24)11-23-17(25)14-8-3-4-9-15(14)18(23)26/h3-10H,2,11H2,1H3,(H2,21,22,24,29). The predicted molar refractivity (Wildman–Crippen MR) is 109 cm³/mol. The molecule has 29 heavy (non-hydrogen) atoms. The lowest BCUT2D eigenvalue weighted by atomic mass is 10.1. The summed E-state index contributed by atoms with van der Waals surface area (Å²) < 4.78 is 4.93. The van der Waals surface area contributed by atoms with Crippen molar-refractivity contribution >= 4 is 46.7 Å². The van der Waals surface area contributed by atoms with E-state index in [0.717, 1.165) is 4.90 Å². The van der Waals surface area contributed by atoms with Crippen molar-refractivity contribution in [2.24, 2.45) is 0 Å². The van der Waals surface area contributed by atoms with Crippen molar-refractivity contribution < 1.29 is 23.9 Å². The molecule has 2 aromatic rings. The van der Waals surface area contributed by atoms with Crippen molar-refractivity contribution in [3.05, 3.63) is 65.2 Å². The molecule has 0 atom stereocenters. The first-order chi connectivity index (χ1) is 13.9. The number of hydrogen-bond acceptors (Lipinski definition) is 6. The average Bonchev–Trinajstić information content (AvgIpc) is 2.93. The number of nitrogens with zero attached hydrogens (tertiary/aromatic N) is 1. The first kappa shape index (κ1) is 20.2. The van der Waals surface area contributed by atoms with Crippen LogP contribution in [0.15, 0.2) is 48.5 Å². The Morgan fingerprint density at radius 2 is 1.69 bits per heavy atom. The molecule has 2 N–H and O–H groups in total. The lowest BCUT2D eigenvalue weighted by molar-refractivity contribution is -0.120. The molecule has 0 aromatic heterocycles. The molecule has 8 nitrogen and oxygen atoms in total. The van der Waals surface area contributed by atoms with Gasteiger partial charge in [0.1, 0.15) is 6.54 Å². The van der Waals surface area contributed by atoms with Crippen LogP contribution in [0.4, 0.5) is 5.69 Å². The van der Waals surface area contributed by atoms with Gasteiger partial charge < -0.3 is 15.4 Å². The Morgan fingerprint density at radius 3 is 2.31 bits per heavy atom. The van der Waals surface area contributed by atoms with Gasteiger partial charge in [0.25, 0.3) is 11.8 Å². The third-order valence-electron chi connectivity index (χ3n) is 4.06. The molecule has 1 heterocycles. The molecular weight excluding hydrogens is 394 g/mol. The fraction of sp³-hybridized carbons (Fsp3) is 0.150.